The Morgan fingerprint density at radius 3 is 2.55 bits per heavy atom. The lowest BCUT2D eigenvalue weighted by Crippen LogP contribution is -2.46. The molecule has 1 aromatic carbocycles. The van der Waals surface area contributed by atoms with E-state index in [-0.39, 0.29) is 0 Å². The average molecular weight is 274 g/mol. The van der Waals surface area contributed by atoms with Crippen LogP contribution in [-0.4, -0.2) is 43.3 Å². The van der Waals surface area contributed by atoms with Gasteiger partial charge >= 0.3 is 0 Å². The maximum Gasteiger partial charge on any atom is 0.0707 e. The number of nitrogens with one attached hydrogen (secondary N) is 1. The average Bonchev–Trinajstić information content (AvgIpc) is 2.83. The lowest BCUT2D eigenvalue weighted by Gasteiger charge is -2.35. The molecule has 2 saturated heterocycles. The van der Waals surface area contributed by atoms with Crippen molar-refractivity contribution in [1.29, 1.82) is 0 Å². The summed E-state index contributed by atoms with van der Waals surface area (Å²) in [5, 5.41) is 3.70. The molecule has 0 aliphatic carbocycles. The molecule has 20 heavy (non-hydrogen) atoms. The van der Waals surface area contributed by atoms with Crippen LogP contribution in [0.5, 0.6) is 0 Å². The topological polar surface area (TPSA) is 24.5 Å². The fraction of sp³-hybridized carbons (Fsp3) is 0.647. The summed E-state index contributed by atoms with van der Waals surface area (Å²) in [4.78, 5) is 2.59. The number of rotatable bonds is 6. The lowest BCUT2D eigenvalue weighted by molar-refractivity contribution is -0.0407. The Morgan fingerprint density at radius 1 is 1.20 bits per heavy atom. The van der Waals surface area contributed by atoms with Crippen molar-refractivity contribution >= 4 is 0 Å². The molecule has 1 aromatic rings. The summed E-state index contributed by atoms with van der Waals surface area (Å²) in [5.41, 5.74) is 1.40. The van der Waals surface area contributed by atoms with Gasteiger partial charge in [0.05, 0.1) is 12.2 Å². The first kappa shape index (κ1) is 14.1. The molecule has 2 fully saturated rings. The molecule has 3 unspecified atom stereocenters. The minimum atomic E-state index is 0.439. The summed E-state index contributed by atoms with van der Waals surface area (Å²) in [6.45, 7) is 6.61. The van der Waals surface area contributed by atoms with Crippen LogP contribution in [0.2, 0.25) is 0 Å². The Hall–Kier alpha value is -0.900. The first-order valence-electron chi connectivity index (χ1n) is 8.01. The zero-order chi connectivity index (χ0) is 13.8. The van der Waals surface area contributed by atoms with Gasteiger partial charge in [-0.05, 0) is 31.4 Å². The Balaban J connectivity index is 1.64. The molecule has 0 saturated carbocycles. The third-order valence-electron chi connectivity index (χ3n) is 4.40. The van der Waals surface area contributed by atoms with E-state index in [2.05, 4.69) is 47.5 Å². The van der Waals surface area contributed by atoms with E-state index in [9.17, 15) is 0 Å². The second-order valence-corrected chi connectivity index (χ2v) is 6.09. The SMILES string of the molecule is CCCNC(CN1CC2CCC(C1)O2)c1ccccc1. The van der Waals surface area contributed by atoms with E-state index in [1.807, 2.05) is 0 Å². The zero-order valence-electron chi connectivity index (χ0n) is 12.4. The summed E-state index contributed by atoms with van der Waals surface area (Å²) in [7, 11) is 0. The van der Waals surface area contributed by atoms with Crippen LogP contribution in [0.25, 0.3) is 0 Å². The summed E-state index contributed by atoms with van der Waals surface area (Å²) in [6.07, 6.45) is 4.64. The maximum atomic E-state index is 5.93. The molecule has 1 N–H and O–H groups in total. The molecule has 2 aliphatic heterocycles. The van der Waals surface area contributed by atoms with Gasteiger partial charge in [-0.3, -0.25) is 4.90 Å². The van der Waals surface area contributed by atoms with Gasteiger partial charge in [0.1, 0.15) is 0 Å². The van der Waals surface area contributed by atoms with E-state index in [4.69, 9.17) is 4.74 Å². The Morgan fingerprint density at radius 2 is 1.90 bits per heavy atom. The van der Waals surface area contributed by atoms with Gasteiger partial charge in [0, 0.05) is 25.7 Å². The van der Waals surface area contributed by atoms with Crippen LogP contribution >= 0.6 is 0 Å². The number of morpholine rings is 1. The number of fused-ring (bicyclic) bond motifs is 2. The van der Waals surface area contributed by atoms with Gasteiger partial charge in [-0.1, -0.05) is 37.3 Å². The fourth-order valence-electron chi connectivity index (χ4n) is 3.40. The summed E-state index contributed by atoms with van der Waals surface area (Å²) in [5.74, 6) is 0. The van der Waals surface area contributed by atoms with Crippen LogP contribution in [0.4, 0.5) is 0 Å². The van der Waals surface area contributed by atoms with Crippen molar-refractivity contribution in [2.75, 3.05) is 26.2 Å². The molecule has 0 aromatic heterocycles. The highest BCUT2D eigenvalue weighted by molar-refractivity contribution is 5.19. The molecule has 0 amide bonds. The van der Waals surface area contributed by atoms with E-state index in [1.54, 1.807) is 0 Å². The third-order valence-corrected chi connectivity index (χ3v) is 4.40. The highest BCUT2D eigenvalue weighted by Gasteiger charge is 2.34. The molecule has 3 rings (SSSR count). The highest BCUT2D eigenvalue weighted by Crippen LogP contribution is 2.27. The molecule has 2 aliphatic rings. The first-order valence-corrected chi connectivity index (χ1v) is 8.01. The van der Waals surface area contributed by atoms with E-state index in [0.29, 0.717) is 18.2 Å². The van der Waals surface area contributed by atoms with Gasteiger partial charge in [-0.25, -0.2) is 0 Å². The van der Waals surface area contributed by atoms with E-state index < -0.39 is 0 Å². The number of nitrogens with zero attached hydrogens (tertiary/aromatic N) is 1. The second kappa shape index (κ2) is 6.70. The van der Waals surface area contributed by atoms with E-state index in [1.165, 1.54) is 24.8 Å². The maximum absolute atomic E-state index is 5.93. The smallest absolute Gasteiger partial charge is 0.0707 e. The van der Waals surface area contributed by atoms with E-state index >= 15 is 0 Å². The largest absolute Gasteiger partial charge is 0.372 e. The minimum Gasteiger partial charge on any atom is -0.372 e. The molecule has 2 heterocycles. The van der Waals surface area contributed by atoms with Crippen molar-refractivity contribution in [2.45, 2.75) is 44.4 Å². The van der Waals surface area contributed by atoms with Gasteiger partial charge in [0.25, 0.3) is 0 Å². The summed E-state index contributed by atoms with van der Waals surface area (Å²) in [6, 6.07) is 11.3. The highest BCUT2D eigenvalue weighted by atomic mass is 16.5. The number of likely N-dealkylation sites (tertiary alicyclic amines) is 1. The van der Waals surface area contributed by atoms with Gasteiger partial charge in [0.15, 0.2) is 0 Å². The summed E-state index contributed by atoms with van der Waals surface area (Å²) < 4.78 is 5.93. The molecular weight excluding hydrogens is 248 g/mol. The Kier molecular flexibility index (Phi) is 4.71. The quantitative estimate of drug-likeness (QED) is 0.863. The van der Waals surface area contributed by atoms with Crippen LogP contribution in [-0.2, 0) is 4.74 Å². The fourth-order valence-corrected chi connectivity index (χ4v) is 3.40. The van der Waals surface area contributed by atoms with Gasteiger partial charge in [0.2, 0.25) is 0 Å². The monoisotopic (exact) mass is 274 g/mol. The molecule has 3 atom stereocenters. The molecule has 3 heteroatoms. The molecule has 3 nitrogen and oxygen atoms in total. The Bertz CT molecular complexity index is 397. The standard InChI is InChI=1S/C17H26N2O/c1-2-10-18-17(14-6-4-3-5-7-14)13-19-11-15-8-9-16(12-19)20-15/h3-7,15-18H,2,8-13H2,1H3. The normalized spacial score (nSPS) is 27.6. The molecule has 110 valence electrons. The zero-order valence-corrected chi connectivity index (χ0v) is 12.4. The summed E-state index contributed by atoms with van der Waals surface area (Å²) >= 11 is 0. The van der Waals surface area contributed by atoms with Crippen LogP contribution < -0.4 is 5.32 Å². The van der Waals surface area contributed by atoms with E-state index in [0.717, 1.165) is 26.2 Å². The van der Waals surface area contributed by atoms with Crippen molar-refractivity contribution in [3.8, 4) is 0 Å². The number of ether oxygens (including phenoxy) is 1. The van der Waals surface area contributed by atoms with Crippen LogP contribution in [0, 0.1) is 0 Å². The molecule has 2 bridgehead atoms. The van der Waals surface area contributed by atoms with Crippen molar-refractivity contribution in [2.24, 2.45) is 0 Å². The Labute approximate surface area is 122 Å². The van der Waals surface area contributed by atoms with Crippen molar-refractivity contribution < 1.29 is 4.74 Å². The number of hydrogen-bond donors (Lipinski definition) is 1. The third kappa shape index (κ3) is 3.40. The first-order chi connectivity index (χ1) is 9.85. The van der Waals surface area contributed by atoms with Crippen molar-refractivity contribution in [3.05, 3.63) is 35.9 Å². The number of benzene rings is 1. The van der Waals surface area contributed by atoms with Crippen LogP contribution in [0.1, 0.15) is 37.8 Å². The minimum absolute atomic E-state index is 0.439. The van der Waals surface area contributed by atoms with Gasteiger partial charge in [-0.15, -0.1) is 0 Å². The van der Waals surface area contributed by atoms with Crippen molar-refractivity contribution in [1.82, 2.24) is 10.2 Å². The molecular formula is C17H26N2O. The van der Waals surface area contributed by atoms with Crippen LogP contribution in [0.3, 0.4) is 0 Å². The predicted octanol–water partition coefficient (Wildman–Crippen LogP) is 2.59. The van der Waals surface area contributed by atoms with Gasteiger partial charge in [-0.2, -0.15) is 0 Å². The van der Waals surface area contributed by atoms with Crippen molar-refractivity contribution in [3.63, 3.8) is 0 Å². The predicted molar refractivity (Wildman–Crippen MR) is 81.8 cm³/mol. The second-order valence-electron chi connectivity index (χ2n) is 6.09. The number of hydrogen-bond acceptors (Lipinski definition) is 3. The lowest BCUT2D eigenvalue weighted by atomic mass is 10.1. The van der Waals surface area contributed by atoms with Crippen LogP contribution in [0.15, 0.2) is 30.3 Å². The molecule has 0 spiro atoms. The van der Waals surface area contributed by atoms with Gasteiger partial charge < -0.3 is 10.1 Å². The molecule has 0 radical (unpaired) electrons.